The zero-order chi connectivity index (χ0) is 20.5. The molecule has 0 atom stereocenters. The van der Waals surface area contributed by atoms with Crippen LogP contribution in [0.15, 0.2) is 42.7 Å². The zero-order valence-electron chi connectivity index (χ0n) is 16.3. The maximum atomic E-state index is 12.3. The van der Waals surface area contributed by atoms with Gasteiger partial charge < -0.3 is 24.0 Å². The van der Waals surface area contributed by atoms with Crippen LogP contribution in [-0.4, -0.2) is 72.7 Å². The lowest BCUT2D eigenvalue weighted by molar-refractivity contribution is -0.153. The number of amides is 1. The van der Waals surface area contributed by atoms with Gasteiger partial charge in [0.05, 0.1) is 6.61 Å². The van der Waals surface area contributed by atoms with E-state index in [0.29, 0.717) is 44.5 Å². The van der Waals surface area contributed by atoms with E-state index in [1.165, 1.54) is 0 Å². The summed E-state index contributed by atoms with van der Waals surface area (Å²) in [5.41, 5.74) is 0. The van der Waals surface area contributed by atoms with E-state index in [0.717, 1.165) is 5.75 Å². The Labute approximate surface area is 169 Å². The highest BCUT2D eigenvalue weighted by Crippen LogP contribution is 2.17. The minimum Gasteiger partial charge on any atom is -0.494 e. The molecular formula is C20H24N4O5. The number of anilines is 1. The Kier molecular flexibility index (Phi) is 7.21. The summed E-state index contributed by atoms with van der Waals surface area (Å²) in [5, 5.41) is 0. The number of esters is 1. The van der Waals surface area contributed by atoms with Gasteiger partial charge in [0.25, 0.3) is 5.91 Å². The third kappa shape index (κ3) is 6.06. The van der Waals surface area contributed by atoms with Gasteiger partial charge in [0.15, 0.2) is 13.2 Å². The summed E-state index contributed by atoms with van der Waals surface area (Å²) in [6.45, 7) is 4.23. The summed E-state index contributed by atoms with van der Waals surface area (Å²) in [6.07, 6.45) is 3.38. The molecule has 0 bridgehead atoms. The quantitative estimate of drug-likeness (QED) is 0.609. The highest BCUT2D eigenvalue weighted by atomic mass is 16.6. The van der Waals surface area contributed by atoms with E-state index in [-0.39, 0.29) is 19.1 Å². The predicted octanol–water partition coefficient (Wildman–Crippen LogP) is 1.15. The van der Waals surface area contributed by atoms with E-state index < -0.39 is 5.97 Å². The average molecular weight is 400 g/mol. The van der Waals surface area contributed by atoms with Gasteiger partial charge in [0.1, 0.15) is 11.5 Å². The van der Waals surface area contributed by atoms with E-state index in [2.05, 4.69) is 9.97 Å². The van der Waals surface area contributed by atoms with Crippen LogP contribution in [-0.2, 0) is 14.3 Å². The van der Waals surface area contributed by atoms with Gasteiger partial charge >= 0.3 is 5.97 Å². The molecule has 1 fully saturated rings. The van der Waals surface area contributed by atoms with Crippen molar-refractivity contribution in [1.82, 2.24) is 14.9 Å². The molecule has 0 unspecified atom stereocenters. The molecule has 0 saturated carbocycles. The second kappa shape index (κ2) is 10.3. The molecule has 1 aliphatic rings. The van der Waals surface area contributed by atoms with Gasteiger partial charge in [-0.05, 0) is 37.3 Å². The topological polar surface area (TPSA) is 94.1 Å². The van der Waals surface area contributed by atoms with E-state index >= 15 is 0 Å². The van der Waals surface area contributed by atoms with Crippen LogP contribution in [0.4, 0.5) is 5.95 Å². The summed E-state index contributed by atoms with van der Waals surface area (Å²) in [6, 6.07) is 8.69. The monoisotopic (exact) mass is 400 g/mol. The average Bonchev–Trinajstić information content (AvgIpc) is 2.78. The Morgan fingerprint density at radius 1 is 0.931 bits per heavy atom. The summed E-state index contributed by atoms with van der Waals surface area (Å²) >= 11 is 0. The first-order chi connectivity index (χ1) is 14.2. The Bertz CT molecular complexity index is 792. The van der Waals surface area contributed by atoms with E-state index in [1.807, 2.05) is 11.8 Å². The molecule has 1 aliphatic heterocycles. The number of hydrogen-bond acceptors (Lipinski definition) is 8. The number of rotatable bonds is 8. The van der Waals surface area contributed by atoms with Crippen LogP contribution in [0.2, 0.25) is 0 Å². The normalized spacial score (nSPS) is 13.7. The fraction of sp³-hybridized carbons (Fsp3) is 0.400. The molecular weight excluding hydrogens is 376 g/mol. The van der Waals surface area contributed by atoms with Crippen molar-refractivity contribution in [1.29, 1.82) is 0 Å². The molecule has 9 heteroatoms. The molecule has 154 valence electrons. The predicted molar refractivity (Wildman–Crippen MR) is 105 cm³/mol. The van der Waals surface area contributed by atoms with Gasteiger partial charge in [0.2, 0.25) is 5.95 Å². The molecule has 1 saturated heterocycles. The number of hydrogen-bond donors (Lipinski definition) is 0. The second-order valence-electron chi connectivity index (χ2n) is 6.27. The van der Waals surface area contributed by atoms with Crippen LogP contribution in [0.1, 0.15) is 6.92 Å². The van der Waals surface area contributed by atoms with E-state index in [9.17, 15) is 9.59 Å². The van der Waals surface area contributed by atoms with Crippen molar-refractivity contribution in [3.63, 3.8) is 0 Å². The van der Waals surface area contributed by atoms with Crippen LogP contribution in [0.3, 0.4) is 0 Å². The van der Waals surface area contributed by atoms with Crippen molar-refractivity contribution in [3.8, 4) is 11.5 Å². The molecule has 0 spiro atoms. The molecule has 0 aliphatic carbocycles. The number of ether oxygens (including phenoxy) is 3. The summed E-state index contributed by atoms with van der Waals surface area (Å²) in [5.74, 6) is 1.08. The lowest BCUT2D eigenvalue weighted by atomic mass is 10.3. The SMILES string of the molecule is CCOc1ccc(OCC(=O)OCC(=O)N2CCN(c3ncccn3)CC2)cc1. The largest absolute Gasteiger partial charge is 0.494 e. The zero-order valence-corrected chi connectivity index (χ0v) is 16.3. The van der Waals surface area contributed by atoms with Crippen LogP contribution < -0.4 is 14.4 Å². The highest BCUT2D eigenvalue weighted by molar-refractivity contribution is 5.81. The van der Waals surface area contributed by atoms with Crippen LogP contribution >= 0.6 is 0 Å². The maximum Gasteiger partial charge on any atom is 0.344 e. The third-order valence-electron chi connectivity index (χ3n) is 4.32. The number of nitrogens with zero attached hydrogens (tertiary/aromatic N) is 4. The standard InChI is InChI=1S/C20H24N4O5/c1-2-27-16-4-6-17(7-5-16)28-15-19(26)29-14-18(25)23-10-12-24(13-11-23)20-21-8-3-9-22-20/h3-9H,2,10-15H2,1H3. The second-order valence-corrected chi connectivity index (χ2v) is 6.27. The van der Waals surface area contributed by atoms with Crippen molar-refractivity contribution >= 4 is 17.8 Å². The molecule has 1 amide bonds. The van der Waals surface area contributed by atoms with Crippen molar-refractivity contribution in [2.24, 2.45) is 0 Å². The Morgan fingerprint density at radius 3 is 2.17 bits per heavy atom. The Hall–Kier alpha value is -3.36. The van der Waals surface area contributed by atoms with Gasteiger partial charge in [-0.3, -0.25) is 4.79 Å². The van der Waals surface area contributed by atoms with Crippen molar-refractivity contribution in [2.45, 2.75) is 6.92 Å². The third-order valence-corrected chi connectivity index (χ3v) is 4.32. The number of carbonyl (C=O) groups is 2. The minimum atomic E-state index is -0.594. The van der Waals surface area contributed by atoms with Crippen LogP contribution in [0.25, 0.3) is 0 Å². The van der Waals surface area contributed by atoms with Gasteiger partial charge in [-0.2, -0.15) is 0 Å². The molecule has 1 aromatic heterocycles. The highest BCUT2D eigenvalue weighted by Gasteiger charge is 2.23. The smallest absolute Gasteiger partial charge is 0.344 e. The first-order valence-electron chi connectivity index (χ1n) is 9.46. The fourth-order valence-electron chi connectivity index (χ4n) is 2.83. The first kappa shape index (κ1) is 20.4. The van der Waals surface area contributed by atoms with E-state index in [1.54, 1.807) is 47.6 Å². The van der Waals surface area contributed by atoms with Crippen molar-refractivity contribution < 1.29 is 23.8 Å². The lowest BCUT2D eigenvalue weighted by Crippen LogP contribution is -2.50. The van der Waals surface area contributed by atoms with Crippen LogP contribution in [0, 0.1) is 0 Å². The molecule has 9 nitrogen and oxygen atoms in total. The molecule has 0 N–H and O–H groups in total. The van der Waals surface area contributed by atoms with Gasteiger partial charge in [0, 0.05) is 38.6 Å². The number of benzene rings is 1. The Balaban J connectivity index is 1.35. The molecule has 29 heavy (non-hydrogen) atoms. The lowest BCUT2D eigenvalue weighted by Gasteiger charge is -2.34. The number of aromatic nitrogens is 2. The fourth-order valence-corrected chi connectivity index (χ4v) is 2.83. The Morgan fingerprint density at radius 2 is 1.55 bits per heavy atom. The van der Waals surface area contributed by atoms with Crippen molar-refractivity contribution in [2.75, 3.05) is 50.9 Å². The first-order valence-corrected chi connectivity index (χ1v) is 9.46. The van der Waals surface area contributed by atoms with E-state index in [4.69, 9.17) is 14.2 Å². The van der Waals surface area contributed by atoms with Gasteiger partial charge in [-0.15, -0.1) is 0 Å². The van der Waals surface area contributed by atoms with Crippen LogP contribution in [0.5, 0.6) is 11.5 Å². The van der Waals surface area contributed by atoms with Crippen molar-refractivity contribution in [3.05, 3.63) is 42.7 Å². The van der Waals surface area contributed by atoms with Gasteiger partial charge in [-0.25, -0.2) is 14.8 Å². The summed E-state index contributed by atoms with van der Waals surface area (Å²) in [7, 11) is 0. The minimum absolute atomic E-state index is 0.229. The molecule has 2 heterocycles. The molecule has 0 radical (unpaired) electrons. The molecule has 2 aromatic rings. The number of carbonyl (C=O) groups excluding carboxylic acids is 2. The molecule has 3 rings (SSSR count). The summed E-state index contributed by atoms with van der Waals surface area (Å²) < 4.78 is 15.7. The summed E-state index contributed by atoms with van der Waals surface area (Å²) in [4.78, 5) is 36.2. The maximum absolute atomic E-state index is 12.3. The molecule has 1 aromatic carbocycles. The number of piperazine rings is 1. The van der Waals surface area contributed by atoms with Gasteiger partial charge in [-0.1, -0.05) is 0 Å².